The lowest BCUT2D eigenvalue weighted by molar-refractivity contribution is -0.369. The van der Waals surface area contributed by atoms with E-state index in [1.54, 1.807) is 9.36 Å². The van der Waals surface area contributed by atoms with E-state index in [0.717, 1.165) is 111 Å². The van der Waals surface area contributed by atoms with E-state index in [0.29, 0.717) is 85.5 Å². The predicted molar refractivity (Wildman–Crippen MR) is 298 cm³/mol. The molecular formula is C56H66F18N12O18. The maximum Gasteiger partial charge on any atom is 0.430 e. The van der Waals surface area contributed by atoms with E-state index in [9.17, 15) is 79.0 Å². The molecule has 2 aromatic heterocycles. The fourth-order valence-corrected chi connectivity index (χ4v) is 6.40. The van der Waals surface area contributed by atoms with Crippen LogP contribution in [0, 0.1) is 0 Å². The van der Waals surface area contributed by atoms with Crippen molar-refractivity contribution in [2.45, 2.75) is 75.6 Å². The second kappa shape index (κ2) is 44.8. The van der Waals surface area contributed by atoms with Gasteiger partial charge in [0.15, 0.2) is 23.0 Å². The summed E-state index contributed by atoms with van der Waals surface area (Å²) in [6.45, 7) is 7.54. The number of alkyl halides is 18. The van der Waals surface area contributed by atoms with Crippen LogP contribution in [-0.2, 0) is 28.8 Å². The Kier molecular flexibility index (Phi) is 40.3. The first-order valence-corrected chi connectivity index (χ1v) is 29.1. The van der Waals surface area contributed by atoms with Crippen LogP contribution in [0.1, 0.15) is 38.5 Å². The zero-order valence-electron chi connectivity index (χ0n) is 53.7. The van der Waals surface area contributed by atoms with Gasteiger partial charge in [0.2, 0.25) is 11.5 Å². The molecule has 2 heterocycles. The molecule has 0 aliphatic heterocycles. The van der Waals surface area contributed by atoms with Crippen molar-refractivity contribution in [2.24, 2.45) is 0 Å². The maximum absolute atomic E-state index is 10.5. The van der Waals surface area contributed by atoms with Crippen molar-refractivity contribution in [1.29, 1.82) is 0 Å². The van der Waals surface area contributed by atoms with Gasteiger partial charge in [-0.25, -0.2) is 9.36 Å². The number of halogens is 18. The topological polar surface area (TPSA) is 523 Å². The van der Waals surface area contributed by atoms with Gasteiger partial charge in [0.05, 0.1) is 103 Å². The van der Waals surface area contributed by atoms with Gasteiger partial charge in [0.1, 0.15) is 47.2 Å². The summed E-state index contributed by atoms with van der Waals surface area (Å²) in [6.07, 6.45) is -22.5. The summed E-state index contributed by atoms with van der Waals surface area (Å²) in [5.74, 6) is -14.6. The van der Waals surface area contributed by atoms with Gasteiger partial charge < -0.3 is 122 Å². The predicted octanol–water partition coefficient (Wildman–Crippen LogP) is -4.81. The number of nitrogens with zero attached hydrogens (tertiary/aromatic N) is 6. The first-order chi connectivity index (χ1) is 48.2. The van der Waals surface area contributed by atoms with Crippen LogP contribution < -0.4 is 93.5 Å². The van der Waals surface area contributed by atoms with Crippen molar-refractivity contribution in [3.8, 4) is 68.4 Å². The molecule has 0 atom stereocenters. The Morgan fingerprint density at radius 1 is 0.327 bits per heavy atom. The molecule has 48 heteroatoms. The van der Waals surface area contributed by atoms with Gasteiger partial charge in [-0.3, -0.25) is 0 Å². The molecule has 0 unspecified atom stereocenters. The summed E-state index contributed by atoms with van der Waals surface area (Å²) in [4.78, 5) is 52.7. The average Bonchev–Trinajstić information content (AvgIpc) is 1.55. The van der Waals surface area contributed by atoms with E-state index in [4.69, 9.17) is 87.8 Å². The molecule has 104 heavy (non-hydrogen) atoms. The monoisotopic (exact) mass is 1540 g/mol. The number of fused-ring (bicyclic) bond motifs is 1. The van der Waals surface area contributed by atoms with E-state index in [1.807, 2.05) is 48.8 Å². The highest BCUT2D eigenvalue weighted by Gasteiger charge is 2.32. The molecule has 30 nitrogen and oxygen atoms in total. The van der Waals surface area contributed by atoms with Crippen molar-refractivity contribution < 1.29 is 201 Å². The Morgan fingerprint density at radius 2 is 0.529 bits per heavy atom. The molecule has 0 radical (unpaired) electrons. The molecule has 584 valence electrons. The second-order valence-corrected chi connectivity index (χ2v) is 19.5. The Balaban J connectivity index is 0.00000203. The number of carboxylic acid groups (broad SMARTS) is 6. The number of ether oxygens (including phenoxy) is 6. The highest BCUT2D eigenvalue weighted by atomic mass is 19.4. The molecule has 0 bridgehead atoms. The number of benzene rings is 4. The zero-order valence-corrected chi connectivity index (χ0v) is 53.7. The third-order valence-electron chi connectivity index (χ3n) is 11.2. The quantitative estimate of drug-likeness (QED) is 0.0198. The third kappa shape index (κ3) is 36.4. The molecule has 0 saturated heterocycles. The minimum atomic E-state index is -5.19. The van der Waals surface area contributed by atoms with E-state index < -0.39 is 72.9 Å². The molecule has 0 amide bonds. The van der Waals surface area contributed by atoms with Crippen LogP contribution in [0.3, 0.4) is 0 Å². The fraction of sp³-hybridized carbons (Fsp3) is 0.429. The van der Waals surface area contributed by atoms with Crippen LogP contribution in [0.4, 0.5) is 79.0 Å². The number of aromatic nitrogens is 6. The molecule has 18 N–H and O–H groups in total. The Bertz CT molecular complexity index is 3230. The first-order valence-electron chi connectivity index (χ1n) is 29.1. The highest BCUT2D eigenvalue weighted by molar-refractivity contribution is 5.90. The molecule has 4 aromatic carbocycles. The highest BCUT2D eigenvalue weighted by Crippen LogP contribution is 2.42. The van der Waals surface area contributed by atoms with E-state index in [1.165, 1.54) is 0 Å². The lowest BCUT2D eigenvalue weighted by atomic mass is 10.0. The first kappa shape index (κ1) is 93.5. The Hall–Kier alpha value is -10.5. The Labute approximate surface area is 572 Å². The van der Waals surface area contributed by atoms with Crippen molar-refractivity contribution >= 4 is 46.6 Å². The number of carbonyl (C=O) groups is 6. The number of carbonyl (C=O) groups excluding carboxylic acids is 6. The fourth-order valence-electron chi connectivity index (χ4n) is 6.40. The lowest BCUT2D eigenvalue weighted by Gasteiger charge is -2.18. The van der Waals surface area contributed by atoms with Gasteiger partial charge in [-0.05, 0) is 22.9 Å². The van der Waals surface area contributed by atoms with Crippen LogP contribution >= 0.6 is 0 Å². The number of quaternary nitrogens is 6. The molecule has 0 fully saturated rings. The molecule has 6 rings (SSSR count). The van der Waals surface area contributed by atoms with Gasteiger partial charge in [-0.15, -0.1) is 10.2 Å². The number of hydrogen-bond donors (Lipinski definition) is 6. The van der Waals surface area contributed by atoms with Crippen molar-refractivity contribution in [3.05, 3.63) is 73.1 Å². The number of hydrogen-bond acceptors (Lipinski definition) is 22. The normalized spacial score (nSPS) is 11.3. The number of rotatable bonds is 28. The third-order valence-corrected chi connectivity index (χ3v) is 11.2. The van der Waals surface area contributed by atoms with Gasteiger partial charge in [0, 0.05) is 73.9 Å². The van der Waals surface area contributed by atoms with Crippen LogP contribution in [0.15, 0.2) is 73.1 Å². The summed E-state index contributed by atoms with van der Waals surface area (Å²) in [7, 11) is 0. The average molecular weight is 1540 g/mol. The molecule has 0 saturated carbocycles. The number of carboxylic acids is 6. The second-order valence-electron chi connectivity index (χ2n) is 19.5. The Morgan fingerprint density at radius 3 is 0.721 bits per heavy atom. The smallest absolute Gasteiger partial charge is 0.430 e. The van der Waals surface area contributed by atoms with Crippen LogP contribution in [-0.4, -0.2) is 182 Å². The van der Waals surface area contributed by atoms with Gasteiger partial charge in [0.25, 0.3) is 0 Å². The molecule has 0 aliphatic rings. The SMILES string of the molecule is O=C([O-])C(F)(F)F.O=C([O-])C(F)(F)F.O=C([O-])C(F)(F)F.O=C([O-])C(F)(F)F.O=C([O-])C(F)(F)F.O=C([O-])C(F)(F)F.[NH3+]CCCOc1cc(-n2cc(-c3ccc4ccc(-c5cn(-c6cc(OCCC[NH3+])c(OCCC[NH3+])c(OCCC[NH3+])c6)nn5)cc4c3)nn2)cc(OCCC[NH3+])c1OCCC[NH3+]. The van der Waals surface area contributed by atoms with Crippen molar-refractivity contribution in [2.75, 3.05) is 78.9 Å². The van der Waals surface area contributed by atoms with Crippen LogP contribution in [0.5, 0.6) is 34.5 Å². The minimum absolute atomic E-state index is 0.496. The summed E-state index contributed by atoms with van der Waals surface area (Å²) in [5, 5.41) is 73.0. The van der Waals surface area contributed by atoms with Crippen LogP contribution in [0.2, 0.25) is 0 Å². The number of aliphatic carboxylic acids is 6. The molecule has 0 aliphatic carbocycles. The van der Waals surface area contributed by atoms with E-state index in [2.05, 4.69) is 79.3 Å². The zero-order chi connectivity index (χ0) is 80.0. The summed E-state index contributed by atoms with van der Waals surface area (Å²) < 4.78 is 230. The van der Waals surface area contributed by atoms with Crippen LogP contribution in [0.25, 0.3) is 44.7 Å². The van der Waals surface area contributed by atoms with Crippen molar-refractivity contribution in [3.63, 3.8) is 0 Å². The van der Waals surface area contributed by atoms with Crippen molar-refractivity contribution in [1.82, 2.24) is 30.0 Å². The maximum atomic E-state index is 10.5. The van der Waals surface area contributed by atoms with E-state index in [-0.39, 0.29) is 0 Å². The molecule has 0 spiro atoms. The lowest BCUT2D eigenvalue weighted by Crippen LogP contribution is -2.50. The minimum Gasteiger partial charge on any atom is -0.542 e. The summed E-state index contributed by atoms with van der Waals surface area (Å²) in [6, 6.07) is 20.1. The summed E-state index contributed by atoms with van der Waals surface area (Å²) in [5.41, 5.74) is 28.4. The molecule has 6 aromatic rings. The van der Waals surface area contributed by atoms with Gasteiger partial charge in [-0.1, -0.05) is 34.7 Å². The largest absolute Gasteiger partial charge is 0.542 e. The molecular weight excluding hydrogens is 1470 g/mol. The summed E-state index contributed by atoms with van der Waals surface area (Å²) >= 11 is 0. The standard InChI is InChI=1S/C44H60N12O6.6C2HF3O2/c45-11-1-17-57-39-25-35(26-40(58-18-2-12-46)43(39)61-21-5-15-49)55-29-37(51-53-55)32-9-7-31-8-10-33(24-34(31)23-32)38-30-56(54-52-38)36-27-41(59-19-3-13-47)44(62-22-6-16-50)42(28-36)60-20-4-14-48;6*3-2(4,5)1(6)7/h7-10,23-30H,1-6,11-22,45-50H2;6*(H,6,7). The van der Waals surface area contributed by atoms with Gasteiger partial charge >= 0.3 is 37.1 Å². The van der Waals surface area contributed by atoms with Gasteiger partial charge in [-0.2, -0.15) is 79.0 Å². The van der Waals surface area contributed by atoms with E-state index >= 15 is 0 Å².